The Balaban J connectivity index is 1.69. The van der Waals surface area contributed by atoms with Crippen LogP contribution in [0, 0.1) is 5.82 Å². The van der Waals surface area contributed by atoms with Crippen LogP contribution in [0.5, 0.6) is 5.75 Å². The average molecular weight is 285 g/mol. The van der Waals surface area contributed by atoms with Crippen LogP contribution in [-0.2, 0) is 6.42 Å². The first-order valence-electron chi connectivity index (χ1n) is 7.45. The summed E-state index contributed by atoms with van der Waals surface area (Å²) in [5.74, 6) is 0.831. The normalized spacial score (nSPS) is 18.7. The molecule has 2 atom stereocenters. The van der Waals surface area contributed by atoms with Crippen LogP contribution < -0.4 is 10.1 Å². The zero-order valence-electron chi connectivity index (χ0n) is 12.2. The van der Waals surface area contributed by atoms with Gasteiger partial charge in [-0.1, -0.05) is 36.4 Å². The fourth-order valence-electron chi connectivity index (χ4n) is 2.91. The maximum absolute atomic E-state index is 13.7. The molecule has 1 aliphatic heterocycles. The molecule has 0 saturated carbocycles. The number of fused-ring (bicyclic) bond motifs is 1. The summed E-state index contributed by atoms with van der Waals surface area (Å²) in [7, 11) is 0. The van der Waals surface area contributed by atoms with Gasteiger partial charge in [-0.25, -0.2) is 4.39 Å². The summed E-state index contributed by atoms with van der Waals surface area (Å²) in [4.78, 5) is 0. The number of ether oxygens (including phenoxy) is 1. The van der Waals surface area contributed by atoms with Gasteiger partial charge in [-0.3, -0.25) is 0 Å². The van der Waals surface area contributed by atoms with Crippen LogP contribution in [0.4, 0.5) is 4.39 Å². The molecule has 1 N–H and O–H groups in total. The molecule has 2 aromatic carbocycles. The average Bonchev–Trinajstić information content (AvgIpc) is 2.50. The molecule has 0 spiro atoms. The smallest absolute Gasteiger partial charge is 0.126 e. The highest BCUT2D eigenvalue weighted by molar-refractivity contribution is 5.37. The van der Waals surface area contributed by atoms with Crippen molar-refractivity contribution in [3.63, 3.8) is 0 Å². The van der Waals surface area contributed by atoms with E-state index in [0.717, 1.165) is 24.3 Å². The highest BCUT2D eigenvalue weighted by atomic mass is 19.1. The summed E-state index contributed by atoms with van der Waals surface area (Å²) in [6, 6.07) is 15.6. The quantitative estimate of drug-likeness (QED) is 0.920. The van der Waals surface area contributed by atoms with Gasteiger partial charge in [0, 0.05) is 24.1 Å². The highest BCUT2D eigenvalue weighted by Crippen LogP contribution is 2.31. The molecule has 21 heavy (non-hydrogen) atoms. The van der Waals surface area contributed by atoms with Gasteiger partial charge in [-0.15, -0.1) is 0 Å². The molecule has 1 aliphatic rings. The number of halogens is 1. The van der Waals surface area contributed by atoms with Crippen molar-refractivity contribution in [3.8, 4) is 5.75 Å². The summed E-state index contributed by atoms with van der Waals surface area (Å²) in [5, 5.41) is 3.60. The van der Waals surface area contributed by atoms with Gasteiger partial charge in [0.1, 0.15) is 11.6 Å². The molecule has 0 amide bonds. The van der Waals surface area contributed by atoms with Crippen LogP contribution in [0.15, 0.2) is 48.5 Å². The summed E-state index contributed by atoms with van der Waals surface area (Å²) in [6.45, 7) is 2.83. The first kappa shape index (κ1) is 14.1. The Morgan fingerprint density at radius 1 is 1.19 bits per heavy atom. The van der Waals surface area contributed by atoms with Crippen molar-refractivity contribution in [2.24, 2.45) is 0 Å². The molecule has 0 aliphatic carbocycles. The lowest BCUT2D eigenvalue weighted by Crippen LogP contribution is -2.35. The summed E-state index contributed by atoms with van der Waals surface area (Å²) in [6.07, 6.45) is 1.63. The molecule has 0 saturated heterocycles. The minimum Gasteiger partial charge on any atom is -0.493 e. The number of benzene rings is 2. The lowest BCUT2D eigenvalue weighted by Gasteiger charge is -2.29. The standard InChI is InChI=1S/C18H20FNO/c1-13(12-14-6-2-4-8-16(14)19)20-17-10-11-21-18-9-5-3-7-15(17)18/h2-9,13,17,20H,10-12H2,1H3. The van der Waals surface area contributed by atoms with Gasteiger partial charge in [-0.2, -0.15) is 0 Å². The molecule has 3 heteroatoms. The van der Waals surface area contributed by atoms with Crippen molar-refractivity contribution in [1.82, 2.24) is 5.32 Å². The fourth-order valence-corrected chi connectivity index (χ4v) is 2.91. The molecule has 1 heterocycles. The van der Waals surface area contributed by atoms with E-state index in [2.05, 4.69) is 18.3 Å². The van der Waals surface area contributed by atoms with Crippen molar-refractivity contribution in [2.45, 2.75) is 31.8 Å². The Morgan fingerprint density at radius 2 is 1.95 bits per heavy atom. The monoisotopic (exact) mass is 285 g/mol. The number of hydrogen-bond acceptors (Lipinski definition) is 2. The molecular formula is C18H20FNO. The zero-order chi connectivity index (χ0) is 14.7. The fraction of sp³-hybridized carbons (Fsp3) is 0.333. The molecule has 110 valence electrons. The zero-order valence-corrected chi connectivity index (χ0v) is 12.2. The van der Waals surface area contributed by atoms with E-state index >= 15 is 0 Å². The van der Waals surface area contributed by atoms with Gasteiger partial charge in [0.05, 0.1) is 6.61 Å². The van der Waals surface area contributed by atoms with Crippen LogP contribution in [0.2, 0.25) is 0 Å². The summed E-state index contributed by atoms with van der Waals surface area (Å²) >= 11 is 0. The molecule has 2 unspecified atom stereocenters. The van der Waals surface area contributed by atoms with Crippen molar-refractivity contribution < 1.29 is 9.13 Å². The first-order chi connectivity index (χ1) is 10.2. The van der Waals surface area contributed by atoms with Crippen molar-refractivity contribution in [2.75, 3.05) is 6.61 Å². The van der Waals surface area contributed by atoms with Crippen molar-refractivity contribution in [3.05, 3.63) is 65.5 Å². The lowest BCUT2D eigenvalue weighted by atomic mass is 9.98. The first-order valence-corrected chi connectivity index (χ1v) is 7.45. The van der Waals surface area contributed by atoms with Gasteiger partial charge in [0.2, 0.25) is 0 Å². The number of para-hydroxylation sites is 1. The van der Waals surface area contributed by atoms with E-state index in [0.29, 0.717) is 6.42 Å². The highest BCUT2D eigenvalue weighted by Gasteiger charge is 2.22. The van der Waals surface area contributed by atoms with E-state index in [4.69, 9.17) is 4.74 Å². The Kier molecular flexibility index (Phi) is 4.20. The maximum atomic E-state index is 13.7. The predicted molar refractivity (Wildman–Crippen MR) is 82.0 cm³/mol. The van der Waals surface area contributed by atoms with E-state index in [1.54, 1.807) is 6.07 Å². The van der Waals surface area contributed by atoms with E-state index in [9.17, 15) is 4.39 Å². The van der Waals surface area contributed by atoms with Gasteiger partial charge >= 0.3 is 0 Å². The maximum Gasteiger partial charge on any atom is 0.126 e. The number of hydrogen-bond donors (Lipinski definition) is 1. The Morgan fingerprint density at radius 3 is 2.81 bits per heavy atom. The van der Waals surface area contributed by atoms with Crippen molar-refractivity contribution >= 4 is 0 Å². The molecule has 3 rings (SSSR count). The second-order valence-electron chi connectivity index (χ2n) is 5.59. The Labute approximate surface area is 125 Å². The summed E-state index contributed by atoms with van der Waals surface area (Å²) in [5.41, 5.74) is 1.96. The molecule has 0 fully saturated rings. The third-order valence-corrected chi connectivity index (χ3v) is 3.93. The summed E-state index contributed by atoms with van der Waals surface area (Å²) < 4.78 is 19.4. The number of nitrogens with one attached hydrogen (secondary N) is 1. The molecule has 0 radical (unpaired) electrons. The molecule has 0 aromatic heterocycles. The second kappa shape index (κ2) is 6.27. The van der Waals surface area contributed by atoms with E-state index < -0.39 is 0 Å². The largest absolute Gasteiger partial charge is 0.493 e. The van der Waals surface area contributed by atoms with Crippen molar-refractivity contribution in [1.29, 1.82) is 0 Å². The lowest BCUT2D eigenvalue weighted by molar-refractivity contribution is 0.245. The molecule has 0 bridgehead atoms. The van der Waals surface area contributed by atoms with Gasteiger partial charge in [0.25, 0.3) is 0 Å². The topological polar surface area (TPSA) is 21.3 Å². The molecule has 2 aromatic rings. The van der Waals surface area contributed by atoms with Crippen LogP contribution in [0.1, 0.15) is 30.5 Å². The van der Waals surface area contributed by atoms with Gasteiger partial charge in [-0.05, 0) is 31.0 Å². The minimum absolute atomic E-state index is 0.126. The van der Waals surface area contributed by atoms with Crippen LogP contribution in [-0.4, -0.2) is 12.6 Å². The van der Waals surface area contributed by atoms with Crippen LogP contribution in [0.3, 0.4) is 0 Å². The SMILES string of the molecule is CC(Cc1ccccc1F)NC1CCOc2ccccc21. The molecule has 2 nitrogen and oxygen atoms in total. The van der Waals surface area contributed by atoms with Crippen LogP contribution in [0.25, 0.3) is 0 Å². The van der Waals surface area contributed by atoms with E-state index in [1.807, 2.05) is 30.3 Å². The van der Waals surface area contributed by atoms with Crippen LogP contribution >= 0.6 is 0 Å². The van der Waals surface area contributed by atoms with E-state index in [1.165, 1.54) is 11.6 Å². The van der Waals surface area contributed by atoms with Gasteiger partial charge < -0.3 is 10.1 Å². The number of rotatable bonds is 4. The molecular weight excluding hydrogens is 265 g/mol. The third-order valence-electron chi connectivity index (χ3n) is 3.93. The van der Waals surface area contributed by atoms with Gasteiger partial charge in [0.15, 0.2) is 0 Å². The minimum atomic E-state index is -0.126. The Bertz CT molecular complexity index is 614. The Hall–Kier alpha value is -1.87. The third kappa shape index (κ3) is 3.24. The second-order valence-corrected chi connectivity index (χ2v) is 5.59. The predicted octanol–water partition coefficient (Wildman–Crippen LogP) is 3.87. The van der Waals surface area contributed by atoms with E-state index in [-0.39, 0.29) is 17.9 Å².